The number of fused-ring (bicyclic) bond motifs is 1. The second kappa shape index (κ2) is 11.8. The number of halogens is 1. The van der Waals surface area contributed by atoms with Crippen LogP contribution in [0.5, 0.6) is 17.2 Å². The zero-order valence-electron chi connectivity index (χ0n) is 20.9. The van der Waals surface area contributed by atoms with E-state index in [-0.39, 0.29) is 17.6 Å². The van der Waals surface area contributed by atoms with E-state index < -0.39 is 5.91 Å². The van der Waals surface area contributed by atoms with Crippen LogP contribution in [0.3, 0.4) is 0 Å². The summed E-state index contributed by atoms with van der Waals surface area (Å²) < 4.78 is 17.4. The molecule has 1 saturated carbocycles. The van der Waals surface area contributed by atoms with Gasteiger partial charge in [-0.2, -0.15) is 0 Å². The highest BCUT2D eigenvalue weighted by atomic mass is 35.5. The lowest BCUT2D eigenvalue weighted by atomic mass is 10.1. The zero-order valence-corrected chi connectivity index (χ0v) is 21.6. The highest BCUT2D eigenvalue weighted by Crippen LogP contribution is 2.34. The summed E-state index contributed by atoms with van der Waals surface area (Å²) in [6.45, 7) is 4.53. The Bertz CT molecular complexity index is 1330. The third-order valence-corrected chi connectivity index (χ3v) is 6.79. The summed E-state index contributed by atoms with van der Waals surface area (Å²) in [6, 6.07) is 10.4. The van der Waals surface area contributed by atoms with Crippen LogP contribution in [-0.2, 0) is 11.3 Å². The molecule has 38 heavy (non-hydrogen) atoms. The van der Waals surface area contributed by atoms with Crippen molar-refractivity contribution in [2.45, 2.75) is 25.4 Å². The molecule has 2 aromatic carbocycles. The number of nitrogens with two attached hydrogens (primary N) is 1. The highest BCUT2D eigenvalue weighted by molar-refractivity contribution is 6.31. The van der Waals surface area contributed by atoms with Crippen molar-refractivity contribution >= 4 is 34.4 Å². The average molecular weight is 540 g/mol. The summed E-state index contributed by atoms with van der Waals surface area (Å²) in [6.07, 6.45) is 3.67. The molecule has 0 atom stereocenters. The van der Waals surface area contributed by atoms with E-state index in [1.807, 2.05) is 0 Å². The molecule has 4 N–H and O–H groups in total. The number of morpholine rings is 1. The quantitative estimate of drug-likeness (QED) is 0.360. The molecule has 11 heteroatoms. The first-order chi connectivity index (χ1) is 18.5. The van der Waals surface area contributed by atoms with Crippen molar-refractivity contribution in [3.8, 4) is 17.2 Å². The Hall–Kier alpha value is -3.60. The van der Waals surface area contributed by atoms with E-state index in [1.54, 1.807) is 42.6 Å². The third-order valence-electron chi connectivity index (χ3n) is 6.44. The number of rotatable bonds is 10. The maximum atomic E-state index is 12.3. The fourth-order valence-corrected chi connectivity index (χ4v) is 4.40. The second-order valence-corrected chi connectivity index (χ2v) is 9.71. The molecule has 1 aromatic heterocycles. The first-order valence-electron chi connectivity index (χ1n) is 12.6. The molecule has 0 spiro atoms. The van der Waals surface area contributed by atoms with Crippen LogP contribution in [0.15, 0.2) is 42.6 Å². The van der Waals surface area contributed by atoms with Crippen molar-refractivity contribution in [1.82, 2.24) is 20.5 Å². The third kappa shape index (κ3) is 6.63. The fourth-order valence-electron chi connectivity index (χ4n) is 4.16. The number of nitrogens with zero attached hydrogens (tertiary/aromatic N) is 2. The number of aromatic nitrogens is 1. The van der Waals surface area contributed by atoms with E-state index in [0.717, 1.165) is 31.5 Å². The lowest BCUT2D eigenvalue weighted by molar-refractivity contribution is 0.0322. The van der Waals surface area contributed by atoms with Crippen LogP contribution in [0.1, 0.15) is 28.8 Å². The molecule has 0 radical (unpaired) electrons. The second-order valence-electron chi connectivity index (χ2n) is 9.30. The molecule has 0 unspecified atom stereocenters. The summed E-state index contributed by atoms with van der Waals surface area (Å²) in [5, 5.41) is 6.76. The van der Waals surface area contributed by atoms with Gasteiger partial charge in [-0.1, -0.05) is 17.7 Å². The monoisotopic (exact) mass is 539 g/mol. The van der Waals surface area contributed by atoms with Gasteiger partial charge < -0.3 is 30.6 Å². The van der Waals surface area contributed by atoms with E-state index in [2.05, 4.69) is 20.5 Å². The van der Waals surface area contributed by atoms with Crippen LogP contribution in [0, 0.1) is 0 Å². The molecule has 5 rings (SSSR count). The SMILES string of the molecule is NC(=O)c1cc2c(Oc3ccc(CNC(=O)NC4CC4)c(Cl)c3)ccnc2cc1OCCN1CCOCC1. The van der Waals surface area contributed by atoms with Crippen LogP contribution in [0.2, 0.25) is 5.02 Å². The minimum absolute atomic E-state index is 0.207. The Morgan fingerprint density at radius 1 is 1.13 bits per heavy atom. The van der Waals surface area contributed by atoms with Gasteiger partial charge in [-0.05, 0) is 42.7 Å². The number of carbonyl (C=O) groups is 2. The molecule has 10 nitrogen and oxygen atoms in total. The van der Waals surface area contributed by atoms with Gasteiger partial charge in [0.1, 0.15) is 23.9 Å². The summed E-state index contributed by atoms with van der Waals surface area (Å²) in [5.74, 6) is 0.769. The standard InChI is InChI=1S/C27H30ClN5O5/c28-22-13-19(4-1-17(22)16-31-27(35)32-18-2-3-18)38-24-5-6-30-23-15-25(21(26(29)34)14-20(23)24)37-12-9-33-7-10-36-11-8-33/h1,4-6,13-15,18H,2-3,7-12,16H2,(H2,29,34)(H2,31,32,35). The van der Waals surface area contributed by atoms with Crippen molar-refractivity contribution < 1.29 is 23.8 Å². The maximum absolute atomic E-state index is 12.3. The Balaban J connectivity index is 1.29. The Morgan fingerprint density at radius 2 is 1.95 bits per heavy atom. The summed E-state index contributed by atoms with van der Waals surface area (Å²) in [4.78, 5) is 30.8. The van der Waals surface area contributed by atoms with E-state index >= 15 is 0 Å². The number of amides is 3. The number of hydrogen-bond donors (Lipinski definition) is 3. The number of hydrogen-bond acceptors (Lipinski definition) is 7. The highest BCUT2D eigenvalue weighted by Gasteiger charge is 2.23. The maximum Gasteiger partial charge on any atom is 0.315 e. The average Bonchev–Trinajstić information content (AvgIpc) is 3.72. The van der Waals surface area contributed by atoms with E-state index in [9.17, 15) is 9.59 Å². The zero-order chi connectivity index (χ0) is 26.5. The number of carbonyl (C=O) groups excluding carboxylic acids is 2. The number of pyridine rings is 1. The van der Waals surface area contributed by atoms with Gasteiger partial charge in [-0.3, -0.25) is 14.7 Å². The lowest BCUT2D eigenvalue weighted by Crippen LogP contribution is -2.38. The topological polar surface area (TPSA) is 128 Å². The predicted octanol–water partition coefficient (Wildman–Crippen LogP) is 3.45. The number of urea groups is 1. The molecule has 2 heterocycles. The molecule has 200 valence electrons. The van der Waals surface area contributed by atoms with Gasteiger partial charge in [0, 0.05) is 54.9 Å². The van der Waals surface area contributed by atoms with Crippen molar-refractivity contribution in [3.63, 3.8) is 0 Å². The van der Waals surface area contributed by atoms with Gasteiger partial charge >= 0.3 is 6.03 Å². The van der Waals surface area contributed by atoms with E-state index in [4.69, 9.17) is 31.5 Å². The molecule has 0 bridgehead atoms. The summed E-state index contributed by atoms with van der Waals surface area (Å²) in [5.41, 5.74) is 7.29. The fraction of sp³-hybridized carbons (Fsp3) is 0.370. The van der Waals surface area contributed by atoms with Crippen LogP contribution >= 0.6 is 11.6 Å². The largest absolute Gasteiger partial charge is 0.491 e. The van der Waals surface area contributed by atoms with Gasteiger partial charge in [0.2, 0.25) is 0 Å². The van der Waals surface area contributed by atoms with Gasteiger partial charge in [-0.15, -0.1) is 0 Å². The molecule has 2 aliphatic rings. The van der Waals surface area contributed by atoms with Crippen molar-refractivity contribution in [2.24, 2.45) is 5.73 Å². The van der Waals surface area contributed by atoms with Crippen LogP contribution in [0.25, 0.3) is 10.9 Å². The minimum atomic E-state index is -0.603. The Morgan fingerprint density at radius 3 is 2.68 bits per heavy atom. The first kappa shape index (κ1) is 26.0. The normalized spacial score (nSPS) is 15.7. The molecule has 1 aliphatic carbocycles. The number of ether oxygens (including phenoxy) is 3. The molecular formula is C27H30ClN5O5. The van der Waals surface area contributed by atoms with Crippen molar-refractivity contribution in [2.75, 3.05) is 39.5 Å². The summed E-state index contributed by atoms with van der Waals surface area (Å²) >= 11 is 6.46. The van der Waals surface area contributed by atoms with Gasteiger partial charge in [0.15, 0.2) is 0 Å². The number of nitrogens with one attached hydrogen (secondary N) is 2. The first-order valence-corrected chi connectivity index (χ1v) is 13.0. The molecule has 2 fully saturated rings. The number of primary amides is 1. The van der Waals surface area contributed by atoms with E-state index in [1.165, 1.54) is 0 Å². The van der Waals surface area contributed by atoms with E-state index in [0.29, 0.717) is 66.1 Å². The Kier molecular flexibility index (Phi) is 8.11. The van der Waals surface area contributed by atoms with Crippen LogP contribution < -0.4 is 25.8 Å². The lowest BCUT2D eigenvalue weighted by Gasteiger charge is -2.26. The van der Waals surface area contributed by atoms with Gasteiger partial charge in [-0.25, -0.2) is 4.79 Å². The smallest absolute Gasteiger partial charge is 0.315 e. The molecule has 3 aromatic rings. The minimum Gasteiger partial charge on any atom is -0.491 e. The molecular weight excluding hydrogens is 510 g/mol. The van der Waals surface area contributed by atoms with Crippen LogP contribution in [-0.4, -0.2) is 67.3 Å². The Labute approximate surface area is 225 Å². The summed E-state index contributed by atoms with van der Waals surface area (Å²) in [7, 11) is 0. The predicted molar refractivity (Wildman–Crippen MR) is 143 cm³/mol. The molecule has 1 saturated heterocycles. The van der Waals surface area contributed by atoms with Gasteiger partial charge in [0.05, 0.1) is 24.3 Å². The van der Waals surface area contributed by atoms with Gasteiger partial charge in [0.25, 0.3) is 5.91 Å². The molecule has 1 aliphatic heterocycles. The van der Waals surface area contributed by atoms with Crippen molar-refractivity contribution in [3.05, 3.63) is 58.7 Å². The van der Waals surface area contributed by atoms with Crippen molar-refractivity contribution in [1.29, 1.82) is 0 Å². The van der Waals surface area contributed by atoms with Crippen LogP contribution in [0.4, 0.5) is 4.79 Å². The number of benzene rings is 2. The molecule has 3 amide bonds.